The lowest BCUT2D eigenvalue weighted by molar-refractivity contribution is -0.133. The fraction of sp³-hybridized carbons (Fsp3) is 0.125. The summed E-state index contributed by atoms with van der Waals surface area (Å²) in [6, 6.07) is 2.27. The molecule has 9 heteroatoms. The van der Waals surface area contributed by atoms with Crippen LogP contribution in [0.5, 0.6) is 0 Å². The van der Waals surface area contributed by atoms with Crippen LogP contribution in [0, 0.1) is 18.2 Å². The normalized spacial score (nSPS) is 11.5. The molecule has 0 amide bonds. The number of aromatic nitrogens is 2. The molecule has 0 aliphatic carbocycles. The molecule has 4 nitrogen and oxygen atoms in total. The maximum Gasteiger partial charge on any atom is 0.426 e. The molecule has 0 N–H and O–H groups in total. The number of carbonyl (C=O) groups excluding carboxylic acids is 1. The van der Waals surface area contributed by atoms with E-state index in [2.05, 4.69) is 10.9 Å². The molecule has 3 heterocycles. The zero-order valence-electron chi connectivity index (χ0n) is 12.3. The number of rotatable bonds is 2. The van der Waals surface area contributed by atoms with E-state index in [-0.39, 0.29) is 28.8 Å². The van der Waals surface area contributed by atoms with Crippen molar-refractivity contribution in [3.63, 3.8) is 0 Å². The van der Waals surface area contributed by atoms with Crippen LogP contribution in [-0.4, -0.2) is 22.3 Å². The molecule has 0 aliphatic rings. The van der Waals surface area contributed by atoms with Gasteiger partial charge in [0.15, 0.2) is 6.61 Å². The van der Waals surface area contributed by atoms with Gasteiger partial charge in [-0.3, -0.25) is 0 Å². The van der Waals surface area contributed by atoms with Crippen molar-refractivity contribution in [2.75, 3.05) is 6.61 Å². The van der Waals surface area contributed by atoms with Gasteiger partial charge in [0, 0.05) is 22.7 Å². The first kappa shape index (κ1) is 17.0. The minimum absolute atomic E-state index is 0.0215. The van der Waals surface area contributed by atoms with Crippen molar-refractivity contribution in [2.45, 2.75) is 6.18 Å². The van der Waals surface area contributed by atoms with Gasteiger partial charge in [-0.15, -0.1) is 17.8 Å². The Morgan fingerprint density at radius 3 is 2.84 bits per heavy atom. The van der Waals surface area contributed by atoms with E-state index in [0.717, 1.165) is 23.0 Å². The molecule has 0 atom stereocenters. The Kier molecular flexibility index (Phi) is 4.22. The number of ether oxygens (including phenoxy) is 1. The quantitative estimate of drug-likeness (QED) is 0.493. The third kappa shape index (κ3) is 3.08. The van der Waals surface area contributed by atoms with Crippen LogP contribution in [0.4, 0.5) is 22.4 Å². The van der Waals surface area contributed by atoms with E-state index in [1.807, 2.05) is 0 Å². The molecule has 0 radical (unpaired) electrons. The average Bonchev–Trinajstić information content (AvgIpc) is 3.16. The summed E-state index contributed by atoms with van der Waals surface area (Å²) in [6.45, 7) is -0.318. The molecule has 0 aromatic carbocycles. The van der Waals surface area contributed by atoms with Crippen molar-refractivity contribution in [1.82, 2.24) is 9.55 Å². The summed E-state index contributed by atoms with van der Waals surface area (Å²) in [5.41, 5.74) is -0.177. The van der Waals surface area contributed by atoms with Crippen LogP contribution in [0.3, 0.4) is 0 Å². The first-order valence-electron chi connectivity index (χ1n) is 6.75. The Labute approximate surface area is 142 Å². The lowest BCUT2D eigenvalue weighted by atomic mass is 10.1. The smallest absolute Gasteiger partial charge is 0.426 e. The van der Waals surface area contributed by atoms with Crippen LogP contribution < -0.4 is 0 Å². The van der Waals surface area contributed by atoms with E-state index < -0.39 is 23.0 Å². The highest BCUT2D eigenvalue weighted by Gasteiger charge is 2.36. The molecule has 0 spiro atoms. The average molecular weight is 368 g/mol. The molecule has 3 rings (SSSR count). The van der Waals surface area contributed by atoms with Gasteiger partial charge in [-0.25, -0.2) is 18.7 Å². The predicted molar refractivity (Wildman–Crippen MR) is 83.6 cm³/mol. The molecule has 0 unspecified atom stereocenters. The Hall–Kier alpha value is -2.86. The lowest BCUT2D eigenvalue weighted by Gasteiger charge is -2.06. The Morgan fingerprint density at radius 1 is 1.40 bits per heavy atom. The number of carbonyl (C=O) groups is 1. The summed E-state index contributed by atoms with van der Waals surface area (Å²) in [7, 11) is 0. The number of terminal acetylenes is 1. The first-order valence-corrected chi connectivity index (χ1v) is 7.63. The van der Waals surface area contributed by atoms with Gasteiger partial charge in [-0.05, 0) is 17.5 Å². The number of thiophene rings is 1. The van der Waals surface area contributed by atoms with Crippen LogP contribution in [0.15, 0.2) is 29.9 Å². The van der Waals surface area contributed by atoms with E-state index in [1.165, 1.54) is 11.4 Å². The SMILES string of the molecule is C#CCOC(=O)n1cc(-c2ccsc2C(F)(F)F)c2cc(F)cnc21. The molecule has 0 bridgehead atoms. The van der Waals surface area contributed by atoms with E-state index in [9.17, 15) is 22.4 Å². The van der Waals surface area contributed by atoms with Gasteiger partial charge in [-0.1, -0.05) is 5.92 Å². The molecule has 3 aromatic heterocycles. The minimum atomic E-state index is -4.58. The number of fused-ring (bicyclic) bond motifs is 1. The second-order valence-corrected chi connectivity index (χ2v) is 5.77. The first-order chi connectivity index (χ1) is 11.8. The van der Waals surface area contributed by atoms with Gasteiger partial charge < -0.3 is 4.74 Å². The monoisotopic (exact) mass is 368 g/mol. The summed E-state index contributed by atoms with van der Waals surface area (Å²) in [5, 5.41) is 1.33. The summed E-state index contributed by atoms with van der Waals surface area (Å²) in [4.78, 5) is 15.0. The summed E-state index contributed by atoms with van der Waals surface area (Å²) in [6.07, 6.45) is 1.50. The van der Waals surface area contributed by atoms with Crippen molar-refractivity contribution >= 4 is 28.5 Å². The maximum atomic E-state index is 13.6. The summed E-state index contributed by atoms with van der Waals surface area (Å²) >= 11 is 0.504. The van der Waals surface area contributed by atoms with E-state index in [0.29, 0.717) is 11.3 Å². The van der Waals surface area contributed by atoms with E-state index >= 15 is 0 Å². The summed E-state index contributed by atoms with van der Waals surface area (Å²) in [5.74, 6) is 1.36. The van der Waals surface area contributed by atoms with Crippen molar-refractivity contribution in [1.29, 1.82) is 0 Å². The third-order valence-corrected chi connectivity index (χ3v) is 4.26. The van der Waals surface area contributed by atoms with Crippen LogP contribution in [-0.2, 0) is 10.9 Å². The molecule has 0 saturated heterocycles. The molecule has 3 aromatic rings. The standard InChI is InChI=1S/C16H8F4N2O2S/c1-2-4-24-15(23)22-8-12(11-6-9(17)7-21-14(11)22)10-3-5-25-13(10)16(18,19)20/h1,3,5-8H,4H2. The highest BCUT2D eigenvalue weighted by molar-refractivity contribution is 7.10. The third-order valence-electron chi connectivity index (χ3n) is 3.30. The molecule has 0 aliphatic heterocycles. The number of hydrogen-bond donors (Lipinski definition) is 0. The topological polar surface area (TPSA) is 44.1 Å². The number of halogens is 4. The minimum Gasteiger partial charge on any atom is -0.436 e. The number of nitrogens with zero attached hydrogens (tertiary/aromatic N) is 2. The highest BCUT2D eigenvalue weighted by Crippen LogP contribution is 2.43. The fourth-order valence-corrected chi connectivity index (χ4v) is 3.13. The number of hydrogen-bond acceptors (Lipinski definition) is 4. The lowest BCUT2D eigenvalue weighted by Crippen LogP contribution is -2.13. The molecule has 128 valence electrons. The van der Waals surface area contributed by atoms with Crippen LogP contribution in [0.25, 0.3) is 22.2 Å². The van der Waals surface area contributed by atoms with E-state index in [4.69, 9.17) is 11.2 Å². The zero-order valence-corrected chi connectivity index (χ0v) is 13.1. The van der Waals surface area contributed by atoms with Crippen molar-refractivity contribution in [3.8, 4) is 23.5 Å². The maximum absolute atomic E-state index is 13.6. The second-order valence-electron chi connectivity index (χ2n) is 4.86. The summed E-state index contributed by atoms with van der Waals surface area (Å²) < 4.78 is 58.8. The fourth-order valence-electron chi connectivity index (χ4n) is 2.35. The second kappa shape index (κ2) is 6.22. The van der Waals surface area contributed by atoms with Gasteiger partial charge >= 0.3 is 12.3 Å². The molecular weight excluding hydrogens is 360 g/mol. The van der Waals surface area contributed by atoms with Gasteiger partial charge in [-0.2, -0.15) is 13.2 Å². The van der Waals surface area contributed by atoms with Gasteiger partial charge in [0.1, 0.15) is 16.3 Å². The molecule has 0 saturated carbocycles. The number of alkyl halides is 3. The highest BCUT2D eigenvalue weighted by atomic mass is 32.1. The number of pyridine rings is 1. The Balaban J connectivity index is 2.23. The van der Waals surface area contributed by atoms with Crippen LogP contribution in [0.1, 0.15) is 4.88 Å². The van der Waals surface area contributed by atoms with Crippen molar-refractivity contribution < 1.29 is 27.1 Å². The van der Waals surface area contributed by atoms with Gasteiger partial charge in [0.25, 0.3) is 0 Å². The molecule has 25 heavy (non-hydrogen) atoms. The van der Waals surface area contributed by atoms with Crippen molar-refractivity contribution in [3.05, 3.63) is 40.6 Å². The molecular formula is C16H8F4N2O2S. The Bertz CT molecular complexity index is 998. The predicted octanol–water partition coefficient (Wildman–Crippen LogP) is 4.54. The van der Waals surface area contributed by atoms with Crippen LogP contribution in [0.2, 0.25) is 0 Å². The Morgan fingerprint density at radius 2 is 2.16 bits per heavy atom. The van der Waals surface area contributed by atoms with E-state index in [1.54, 1.807) is 0 Å². The van der Waals surface area contributed by atoms with Crippen LogP contribution >= 0.6 is 11.3 Å². The largest absolute Gasteiger partial charge is 0.436 e. The van der Waals surface area contributed by atoms with Gasteiger partial charge in [0.05, 0.1) is 6.20 Å². The van der Waals surface area contributed by atoms with Gasteiger partial charge in [0.2, 0.25) is 0 Å². The zero-order chi connectivity index (χ0) is 18.2. The molecule has 0 fully saturated rings. The van der Waals surface area contributed by atoms with Crippen molar-refractivity contribution in [2.24, 2.45) is 0 Å².